The molecule has 1 saturated heterocycles. The molecule has 2 amide bonds. The number of ether oxygens (including phenoxy) is 1. The number of likely N-dealkylation sites (N-methyl/N-ethyl adjacent to an activating group) is 1. The lowest BCUT2D eigenvalue weighted by Gasteiger charge is -2.27. The maximum Gasteiger partial charge on any atom is 0.326 e. The number of aliphatic hydroxyl groups is 2. The Morgan fingerprint density at radius 2 is 2.11 bits per heavy atom. The number of nitrogens with zero attached hydrogens (tertiary/aromatic N) is 2. The second-order valence-corrected chi connectivity index (χ2v) is 4.44. The summed E-state index contributed by atoms with van der Waals surface area (Å²) < 4.78 is 5.03. The summed E-state index contributed by atoms with van der Waals surface area (Å²) >= 11 is 0. The number of hydrogen-bond donors (Lipinski definition) is 3. The van der Waals surface area contributed by atoms with Gasteiger partial charge in [0, 0.05) is 26.6 Å². The van der Waals surface area contributed by atoms with Crippen LogP contribution in [0.4, 0.5) is 4.79 Å². The fourth-order valence-corrected chi connectivity index (χ4v) is 1.94. The normalized spacial score (nSPS) is 22.6. The first-order chi connectivity index (χ1) is 8.97. The molecule has 110 valence electrons. The van der Waals surface area contributed by atoms with Gasteiger partial charge in [-0.2, -0.15) is 0 Å². The van der Waals surface area contributed by atoms with E-state index in [1.165, 1.54) is 11.9 Å². The number of amides is 2. The first kappa shape index (κ1) is 15.7. The number of carboxylic acids is 1. The lowest BCUT2D eigenvalue weighted by molar-refractivity contribution is -0.141. The molecule has 3 N–H and O–H groups in total. The van der Waals surface area contributed by atoms with Crippen LogP contribution in [0.25, 0.3) is 0 Å². The van der Waals surface area contributed by atoms with Crippen LogP contribution in [-0.4, -0.2) is 89.2 Å². The van der Waals surface area contributed by atoms with E-state index in [9.17, 15) is 14.7 Å². The Kier molecular flexibility index (Phi) is 6.00. The number of aliphatic carboxylic acids is 1. The average Bonchev–Trinajstić information content (AvgIpc) is 2.75. The van der Waals surface area contributed by atoms with E-state index in [2.05, 4.69) is 0 Å². The summed E-state index contributed by atoms with van der Waals surface area (Å²) in [6, 6.07) is -1.43. The Balaban J connectivity index is 2.48. The van der Waals surface area contributed by atoms with Gasteiger partial charge < -0.3 is 29.9 Å². The third kappa shape index (κ3) is 4.34. The van der Waals surface area contributed by atoms with Crippen molar-refractivity contribution >= 4 is 12.0 Å². The molecule has 0 aromatic carbocycles. The van der Waals surface area contributed by atoms with Crippen molar-refractivity contribution in [2.24, 2.45) is 0 Å². The quantitative estimate of drug-likeness (QED) is 0.513. The van der Waals surface area contributed by atoms with Crippen LogP contribution in [0.5, 0.6) is 0 Å². The number of β-amino-alcohol motifs (C(OH)–C–C–N with tert-alkyl or cyclic N) is 1. The van der Waals surface area contributed by atoms with Crippen LogP contribution in [0.1, 0.15) is 6.42 Å². The number of rotatable bonds is 6. The third-order valence-electron chi connectivity index (χ3n) is 2.94. The summed E-state index contributed by atoms with van der Waals surface area (Å²) in [6.45, 7) is 0.686. The van der Waals surface area contributed by atoms with Gasteiger partial charge in [-0.05, 0) is 0 Å². The fourth-order valence-electron chi connectivity index (χ4n) is 1.94. The van der Waals surface area contributed by atoms with Crippen molar-refractivity contribution < 1.29 is 29.6 Å². The summed E-state index contributed by atoms with van der Waals surface area (Å²) in [4.78, 5) is 25.5. The van der Waals surface area contributed by atoms with Crippen LogP contribution in [0.15, 0.2) is 0 Å². The zero-order valence-electron chi connectivity index (χ0n) is 10.9. The summed E-state index contributed by atoms with van der Waals surface area (Å²) in [5.41, 5.74) is 0. The van der Waals surface area contributed by atoms with Crippen molar-refractivity contribution in [2.45, 2.75) is 18.6 Å². The molecule has 1 aliphatic rings. The second-order valence-electron chi connectivity index (χ2n) is 4.44. The zero-order valence-corrected chi connectivity index (χ0v) is 10.9. The standard InChI is InChI=1S/C11H20N2O6/c1-12(2-4-19-5-3-14)11(18)13-7-8(15)6-9(13)10(16)17/h8-9,14-15H,2-7H2,1H3,(H,16,17)/t8-,9+/m1/s1. The average molecular weight is 276 g/mol. The molecule has 0 radical (unpaired) electrons. The van der Waals surface area contributed by atoms with E-state index in [0.717, 1.165) is 4.90 Å². The lowest BCUT2D eigenvalue weighted by Crippen LogP contribution is -2.47. The van der Waals surface area contributed by atoms with E-state index < -0.39 is 24.1 Å². The molecule has 0 spiro atoms. The number of carbonyl (C=O) groups is 2. The van der Waals surface area contributed by atoms with E-state index in [-0.39, 0.29) is 39.3 Å². The second kappa shape index (κ2) is 7.27. The predicted molar refractivity (Wildman–Crippen MR) is 64.7 cm³/mol. The molecule has 2 atom stereocenters. The van der Waals surface area contributed by atoms with Crippen LogP contribution < -0.4 is 0 Å². The Morgan fingerprint density at radius 1 is 1.42 bits per heavy atom. The predicted octanol–water partition coefficient (Wildman–Crippen LogP) is -1.43. The highest BCUT2D eigenvalue weighted by Crippen LogP contribution is 2.19. The Bertz CT molecular complexity index is 324. The van der Waals surface area contributed by atoms with Crippen molar-refractivity contribution in [1.82, 2.24) is 9.80 Å². The van der Waals surface area contributed by atoms with Crippen molar-refractivity contribution in [3.05, 3.63) is 0 Å². The van der Waals surface area contributed by atoms with Gasteiger partial charge in [0.25, 0.3) is 0 Å². The highest BCUT2D eigenvalue weighted by Gasteiger charge is 2.39. The van der Waals surface area contributed by atoms with Gasteiger partial charge >= 0.3 is 12.0 Å². The molecule has 19 heavy (non-hydrogen) atoms. The van der Waals surface area contributed by atoms with E-state index in [4.69, 9.17) is 14.9 Å². The SMILES string of the molecule is CN(CCOCCO)C(=O)N1C[C@H](O)C[C@H]1C(=O)O. The first-order valence-electron chi connectivity index (χ1n) is 6.08. The number of carbonyl (C=O) groups excluding carboxylic acids is 1. The molecule has 1 fully saturated rings. The van der Waals surface area contributed by atoms with Crippen molar-refractivity contribution in [1.29, 1.82) is 0 Å². The van der Waals surface area contributed by atoms with E-state index in [0.29, 0.717) is 0 Å². The van der Waals surface area contributed by atoms with Crippen molar-refractivity contribution in [3.8, 4) is 0 Å². The molecular weight excluding hydrogens is 256 g/mol. The molecule has 0 saturated carbocycles. The van der Waals surface area contributed by atoms with Crippen molar-refractivity contribution in [3.63, 3.8) is 0 Å². The molecule has 0 aromatic heterocycles. The number of carboxylic acid groups (broad SMARTS) is 1. The van der Waals surface area contributed by atoms with Crippen LogP contribution in [-0.2, 0) is 9.53 Å². The number of aliphatic hydroxyl groups excluding tert-OH is 2. The summed E-state index contributed by atoms with van der Waals surface area (Å²) in [5, 5.41) is 27.0. The van der Waals surface area contributed by atoms with E-state index >= 15 is 0 Å². The number of urea groups is 1. The Labute approximate surface area is 111 Å². The van der Waals surface area contributed by atoms with Crippen molar-refractivity contribution in [2.75, 3.05) is 40.0 Å². The van der Waals surface area contributed by atoms with Gasteiger partial charge in [-0.1, -0.05) is 0 Å². The minimum absolute atomic E-state index is 0.0254. The van der Waals surface area contributed by atoms with Gasteiger partial charge in [0.15, 0.2) is 0 Å². The zero-order chi connectivity index (χ0) is 14.4. The van der Waals surface area contributed by atoms with Gasteiger partial charge in [-0.15, -0.1) is 0 Å². The van der Waals surface area contributed by atoms with Crippen LogP contribution in [0, 0.1) is 0 Å². The van der Waals surface area contributed by atoms with Gasteiger partial charge in [0.05, 0.1) is 25.9 Å². The van der Waals surface area contributed by atoms with Gasteiger partial charge in [-0.3, -0.25) is 0 Å². The molecule has 0 unspecified atom stereocenters. The summed E-state index contributed by atoms with van der Waals surface area (Å²) in [6.07, 6.45) is -0.750. The van der Waals surface area contributed by atoms with Gasteiger partial charge in [-0.25, -0.2) is 9.59 Å². The monoisotopic (exact) mass is 276 g/mol. The lowest BCUT2D eigenvalue weighted by atomic mass is 10.2. The fraction of sp³-hybridized carbons (Fsp3) is 0.818. The molecule has 0 bridgehead atoms. The molecular formula is C11H20N2O6. The first-order valence-corrected chi connectivity index (χ1v) is 6.08. The van der Waals surface area contributed by atoms with Crippen LogP contribution >= 0.6 is 0 Å². The van der Waals surface area contributed by atoms with Gasteiger partial charge in [0.2, 0.25) is 0 Å². The van der Waals surface area contributed by atoms with Crippen LogP contribution in [0.3, 0.4) is 0 Å². The number of likely N-dealkylation sites (tertiary alicyclic amines) is 1. The largest absolute Gasteiger partial charge is 0.480 e. The van der Waals surface area contributed by atoms with E-state index in [1.54, 1.807) is 0 Å². The molecule has 1 aliphatic heterocycles. The number of hydrogen-bond acceptors (Lipinski definition) is 5. The Hall–Kier alpha value is -1.38. The Morgan fingerprint density at radius 3 is 2.68 bits per heavy atom. The smallest absolute Gasteiger partial charge is 0.326 e. The minimum atomic E-state index is -1.12. The maximum atomic E-state index is 12.0. The van der Waals surface area contributed by atoms with Crippen LogP contribution in [0.2, 0.25) is 0 Å². The summed E-state index contributed by atoms with van der Waals surface area (Å²) in [7, 11) is 1.54. The third-order valence-corrected chi connectivity index (χ3v) is 2.94. The molecule has 0 aromatic rings. The summed E-state index contributed by atoms with van der Waals surface area (Å²) in [5.74, 6) is -1.12. The minimum Gasteiger partial charge on any atom is -0.480 e. The van der Waals surface area contributed by atoms with E-state index in [1.807, 2.05) is 0 Å². The molecule has 1 heterocycles. The molecule has 8 heteroatoms. The topological polar surface area (TPSA) is 111 Å². The van der Waals surface area contributed by atoms with Gasteiger partial charge in [0.1, 0.15) is 6.04 Å². The highest BCUT2D eigenvalue weighted by atomic mass is 16.5. The molecule has 1 rings (SSSR count). The molecule has 0 aliphatic carbocycles. The molecule has 8 nitrogen and oxygen atoms in total. The highest BCUT2D eigenvalue weighted by molar-refractivity contribution is 5.83. The maximum absolute atomic E-state index is 12.0.